The van der Waals surface area contributed by atoms with Gasteiger partial charge in [-0.05, 0) is 179 Å². The second-order valence-corrected chi connectivity index (χ2v) is 24.7. The lowest BCUT2D eigenvalue weighted by atomic mass is 9.96. The lowest BCUT2D eigenvalue weighted by molar-refractivity contribution is 1.07. The highest BCUT2D eigenvalue weighted by atomic mass is 15.0. The van der Waals surface area contributed by atoms with Crippen LogP contribution in [0.3, 0.4) is 0 Å². The topological polar surface area (TPSA) is 72.3 Å². The van der Waals surface area contributed by atoms with Crippen molar-refractivity contribution in [3.8, 4) is 107 Å². The van der Waals surface area contributed by atoms with E-state index in [4.69, 9.17) is 15.0 Å². The molecule has 0 aliphatic rings. The van der Waals surface area contributed by atoms with E-state index in [1.54, 1.807) is 0 Å². The van der Waals surface area contributed by atoms with Crippen LogP contribution in [0.1, 0.15) is 50.1 Å². The van der Waals surface area contributed by atoms with Crippen LogP contribution in [0.25, 0.3) is 145 Å². The predicted molar refractivity (Wildman–Crippen MR) is 375 cm³/mol. The van der Waals surface area contributed by atoms with Gasteiger partial charge in [0, 0.05) is 49.4 Å². The van der Waals surface area contributed by atoms with E-state index in [1.165, 1.54) is 66.8 Å². The molecule has 0 fully saturated rings. The van der Waals surface area contributed by atoms with Crippen LogP contribution in [0.2, 0.25) is 0 Å². The standard InChI is InChI=1S/C84H64N6/c1-50-31-51(2)36-66(35-50)61-20-26-77-72(44-61)73-45-62(67-37-52(3)32-53(4)38-67)21-27-78(73)89(77)76-30-24-65(84-87-82(59-15-11-9-12-16-59)86-83(88-84)60-17-13-10-14-18-60)48-71(76)70-25-19-58(49-85)43-81(70)90-79-28-22-63(68-39-54(5)33-55(6)40-68)46-74(79)75-47-64(23-29-80(75)90)69-41-56(7)34-57(8)42-69/h9-48H,1-8H3. The maximum absolute atomic E-state index is 11.0. The van der Waals surface area contributed by atoms with Crippen molar-refractivity contribution in [3.05, 3.63) is 293 Å². The van der Waals surface area contributed by atoms with E-state index < -0.39 is 0 Å². The molecule has 6 heteroatoms. The molecule has 6 nitrogen and oxygen atoms in total. The van der Waals surface area contributed by atoms with Gasteiger partial charge in [0.05, 0.1) is 45.1 Å². The van der Waals surface area contributed by atoms with Crippen molar-refractivity contribution < 1.29 is 0 Å². The van der Waals surface area contributed by atoms with Crippen LogP contribution in [-0.2, 0) is 0 Å². The summed E-state index contributed by atoms with van der Waals surface area (Å²) in [6, 6.07) is 90.6. The van der Waals surface area contributed by atoms with Gasteiger partial charge in [0.2, 0.25) is 0 Å². The van der Waals surface area contributed by atoms with Gasteiger partial charge >= 0.3 is 0 Å². The molecular formula is C84H64N6. The predicted octanol–water partition coefficient (Wildman–Crippen LogP) is 21.7. The Hall–Kier alpha value is -11.3. The Morgan fingerprint density at radius 1 is 0.256 bits per heavy atom. The van der Waals surface area contributed by atoms with Crippen LogP contribution < -0.4 is 0 Å². The highest BCUT2D eigenvalue weighted by Gasteiger charge is 2.25. The largest absolute Gasteiger partial charge is 0.309 e. The van der Waals surface area contributed by atoms with E-state index in [-0.39, 0.29) is 0 Å². The molecule has 90 heavy (non-hydrogen) atoms. The molecule has 3 aromatic heterocycles. The molecule has 0 amide bonds. The molecule has 430 valence electrons. The summed E-state index contributed by atoms with van der Waals surface area (Å²) in [4.78, 5) is 15.8. The number of nitrogens with zero attached hydrogens (tertiary/aromatic N) is 6. The molecule has 0 aliphatic carbocycles. The molecule has 0 aliphatic heterocycles. The van der Waals surface area contributed by atoms with Crippen molar-refractivity contribution in [1.82, 2.24) is 24.1 Å². The summed E-state index contributed by atoms with van der Waals surface area (Å²) in [5.74, 6) is 1.70. The average molecular weight is 1160 g/mol. The Morgan fingerprint density at radius 2 is 0.578 bits per heavy atom. The van der Waals surface area contributed by atoms with Crippen LogP contribution in [0.5, 0.6) is 0 Å². The van der Waals surface area contributed by atoms with Crippen LogP contribution >= 0.6 is 0 Å². The third kappa shape index (κ3) is 10.1. The zero-order chi connectivity index (χ0) is 61.5. The summed E-state index contributed by atoms with van der Waals surface area (Å²) < 4.78 is 4.83. The highest BCUT2D eigenvalue weighted by Crippen LogP contribution is 2.46. The number of nitriles is 1. The minimum absolute atomic E-state index is 0.541. The van der Waals surface area contributed by atoms with Gasteiger partial charge in [0.1, 0.15) is 0 Å². The van der Waals surface area contributed by atoms with Gasteiger partial charge in [0.15, 0.2) is 17.5 Å². The summed E-state index contributed by atoms with van der Waals surface area (Å²) >= 11 is 0. The van der Waals surface area contributed by atoms with Crippen LogP contribution in [0.15, 0.2) is 243 Å². The summed E-state index contributed by atoms with van der Waals surface area (Å²) in [5.41, 5.74) is 30.1. The van der Waals surface area contributed by atoms with Gasteiger partial charge < -0.3 is 9.13 Å². The van der Waals surface area contributed by atoms with Crippen molar-refractivity contribution >= 4 is 43.6 Å². The average Bonchev–Trinajstić information content (AvgIpc) is 1.56. The van der Waals surface area contributed by atoms with Crippen molar-refractivity contribution in [1.29, 1.82) is 5.26 Å². The van der Waals surface area contributed by atoms with E-state index in [0.29, 0.717) is 23.0 Å². The maximum atomic E-state index is 11.0. The molecule has 3 heterocycles. The molecule has 0 radical (unpaired) electrons. The summed E-state index contributed by atoms with van der Waals surface area (Å²) in [5, 5.41) is 15.5. The normalized spacial score (nSPS) is 11.5. The van der Waals surface area contributed by atoms with Gasteiger partial charge in [-0.2, -0.15) is 5.26 Å². The van der Waals surface area contributed by atoms with Gasteiger partial charge in [-0.3, -0.25) is 0 Å². The first-order valence-electron chi connectivity index (χ1n) is 30.8. The molecule has 15 aromatic rings. The van der Waals surface area contributed by atoms with E-state index >= 15 is 0 Å². The van der Waals surface area contributed by atoms with Crippen molar-refractivity contribution in [3.63, 3.8) is 0 Å². The SMILES string of the molecule is Cc1cc(C)cc(-c2ccc3c(c2)c2cc(-c4cc(C)cc(C)c4)ccc2n3-c2ccc(-c3nc(-c4ccccc4)nc(-c4ccccc4)n3)cc2-c2ccc(C#N)cc2-n2c3ccc(-c4cc(C)cc(C)c4)cc3c3cc(-c4cc(C)cc(C)c4)ccc32)c1. The summed E-state index contributed by atoms with van der Waals surface area (Å²) in [6.45, 7) is 17.4. The van der Waals surface area contributed by atoms with E-state index in [9.17, 15) is 5.26 Å². The second kappa shape index (κ2) is 22.2. The zero-order valence-corrected chi connectivity index (χ0v) is 51.8. The van der Waals surface area contributed by atoms with Crippen LogP contribution in [0.4, 0.5) is 0 Å². The lowest BCUT2D eigenvalue weighted by Gasteiger charge is -2.20. The first-order valence-corrected chi connectivity index (χ1v) is 30.8. The lowest BCUT2D eigenvalue weighted by Crippen LogP contribution is -2.04. The quantitative estimate of drug-likeness (QED) is 0.137. The number of aryl methyl sites for hydroxylation is 8. The first-order chi connectivity index (χ1) is 43.7. The molecule has 0 atom stereocenters. The molecule has 0 N–H and O–H groups in total. The smallest absolute Gasteiger partial charge is 0.164 e. The van der Waals surface area contributed by atoms with Crippen LogP contribution in [0, 0.1) is 66.7 Å². The Morgan fingerprint density at radius 3 is 0.922 bits per heavy atom. The Balaban J connectivity index is 1.04. The maximum Gasteiger partial charge on any atom is 0.164 e. The number of hydrogen-bond donors (Lipinski definition) is 0. The number of benzene rings is 12. The van der Waals surface area contributed by atoms with Crippen LogP contribution in [-0.4, -0.2) is 24.1 Å². The molecule has 12 aromatic carbocycles. The number of hydrogen-bond acceptors (Lipinski definition) is 4. The van der Waals surface area contributed by atoms with Crippen molar-refractivity contribution in [2.45, 2.75) is 55.4 Å². The molecule has 0 saturated heterocycles. The van der Waals surface area contributed by atoms with Crippen molar-refractivity contribution in [2.75, 3.05) is 0 Å². The molecule has 15 rings (SSSR count). The molecule has 0 spiro atoms. The molecular weight excluding hydrogens is 1090 g/mol. The highest BCUT2D eigenvalue weighted by molar-refractivity contribution is 6.14. The Bertz CT molecular complexity index is 5110. The van der Waals surface area contributed by atoms with Gasteiger partial charge in [0.25, 0.3) is 0 Å². The Labute approximate surface area is 525 Å². The summed E-state index contributed by atoms with van der Waals surface area (Å²) in [6.07, 6.45) is 0. The second-order valence-electron chi connectivity index (χ2n) is 24.7. The number of aromatic nitrogens is 5. The third-order valence-electron chi connectivity index (χ3n) is 17.6. The third-order valence-corrected chi connectivity index (χ3v) is 17.6. The van der Waals surface area contributed by atoms with E-state index in [0.717, 1.165) is 105 Å². The monoisotopic (exact) mass is 1160 g/mol. The first kappa shape index (κ1) is 55.3. The van der Waals surface area contributed by atoms with Gasteiger partial charge in [-0.15, -0.1) is 0 Å². The van der Waals surface area contributed by atoms with Crippen molar-refractivity contribution in [2.24, 2.45) is 0 Å². The van der Waals surface area contributed by atoms with E-state index in [1.807, 2.05) is 66.7 Å². The fourth-order valence-corrected chi connectivity index (χ4v) is 13.9. The summed E-state index contributed by atoms with van der Waals surface area (Å²) in [7, 11) is 0. The minimum Gasteiger partial charge on any atom is -0.309 e. The molecule has 0 unspecified atom stereocenters. The fourth-order valence-electron chi connectivity index (χ4n) is 13.9. The zero-order valence-electron chi connectivity index (χ0n) is 51.8. The van der Waals surface area contributed by atoms with E-state index in [2.05, 4.69) is 247 Å². The minimum atomic E-state index is 0.541. The molecule has 0 bridgehead atoms. The van der Waals surface area contributed by atoms with Gasteiger partial charge in [-0.25, -0.2) is 15.0 Å². The molecule has 0 saturated carbocycles. The fraction of sp³-hybridized carbons (Fsp3) is 0.0952. The van der Waals surface area contributed by atoms with Gasteiger partial charge in [-0.1, -0.05) is 208 Å². The Kier molecular flexibility index (Phi) is 13.6. The number of rotatable bonds is 10. The number of fused-ring (bicyclic) bond motifs is 6.